The van der Waals surface area contributed by atoms with Crippen LogP contribution in [0, 0.1) is 0 Å². The minimum Gasteiger partial charge on any atom is -0.468 e. The fourth-order valence-electron chi connectivity index (χ4n) is 2.02. The second kappa shape index (κ2) is 9.13. The van der Waals surface area contributed by atoms with Crippen LogP contribution in [-0.4, -0.2) is 36.5 Å². The monoisotopic (exact) mass is 292 g/mol. The van der Waals surface area contributed by atoms with Gasteiger partial charge in [-0.05, 0) is 12.0 Å². The molecule has 2 N–H and O–H groups in total. The molecule has 1 amide bonds. The van der Waals surface area contributed by atoms with Gasteiger partial charge in [0.1, 0.15) is 6.54 Å². The number of carbonyl (C=O) groups is 2. The van der Waals surface area contributed by atoms with Crippen LogP contribution in [-0.2, 0) is 20.9 Å². The number of nitrogens with two attached hydrogens (primary N) is 1. The SMILES string of the molecule is CCCCC(N)C(=O)N(CC(=O)OC)Cc1ccccc1. The average Bonchev–Trinajstić information content (AvgIpc) is 2.52. The molecule has 1 aromatic carbocycles. The number of methoxy groups -OCH3 is 1. The van der Waals surface area contributed by atoms with Crippen molar-refractivity contribution in [3.05, 3.63) is 35.9 Å². The molecule has 21 heavy (non-hydrogen) atoms. The van der Waals surface area contributed by atoms with Gasteiger partial charge in [-0.3, -0.25) is 9.59 Å². The highest BCUT2D eigenvalue weighted by Crippen LogP contribution is 2.09. The molecule has 0 bridgehead atoms. The van der Waals surface area contributed by atoms with Gasteiger partial charge in [-0.25, -0.2) is 0 Å². The maximum Gasteiger partial charge on any atom is 0.325 e. The summed E-state index contributed by atoms with van der Waals surface area (Å²) in [6.45, 7) is 2.33. The van der Waals surface area contributed by atoms with E-state index in [2.05, 4.69) is 4.74 Å². The fourth-order valence-corrected chi connectivity index (χ4v) is 2.02. The van der Waals surface area contributed by atoms with Crippen molar-refractivity contribution < 1.29 is 14.3 Å². The van der Waals surface area contributed by atoms with Crippen LogP contribution in [0.1, 0.15) is 31.7 Å². The Morgan fingerprint density at radius 3 is 2.52 bits per heavy atom. The first-order valence-electron chi connectivity index (χ1n) is 7.23. The predicted octanol–water partition coefficient (Wildman–Crippen LogP) is 1.71. The minimum absolute atomic E-state index is 0.0793. The number of ether oxygens (including phenoxy) is 1. The minimum atomic E-state index is -0.571. The van der Waals surface area contributed by atoms with E-state index >= 15 is 0 Å². The van der Waals surface area contributed by atoms with Gasteiger partial charge < -0.3 is 15.4 Å². The smallest absolute Gasteiger partial charge is 0.325 e. The standard InChI is InChI=1S/C16H24N2O3/c1-3-4-10-14(17)16(20)18(12-15(19)21-2)11-13-8-6-5-7-9-13/h5-9,14H,3-4,10-12,17H2,1-2H3. The number of carbonyl (C=O) groups excluding carboxylic acids is 2. The summed E-state index contributed by atoms with van der Waals surface area (Å²) in [4.78, 5) is 25.4. The van der Waals surface area contributed by atoms with Gasteiger partial charge in [0.2, 0.25) is 5.91 Å². The van der Waals surface area contributed by atoms with Gasteiger partial charge in [-0.1, -0.05) is 50.1 Å². The molecule has 1 atom stereocenters. The Balaban J connectivity index is 2.76. The van der Waals surface area contributed by atoms with Gasteiger partial charge >= 0.3 is 5.97 Å². The Kier molecular flexibility index (Phi) is 7.46. The molecule has 1 unspecified atom stereocenters. The first kappa shape index (κ1) is 17.2. The maximum atomic E-state index is 12.4. The molecule has 1 rings (SSSR count). The third-order valence-corrected chi connectivity index (χ3v) is 3.26. The molecular formula is C16H24N2O3. The third-order valence-electron chi connectivity index (χ3n) is 3.26. The zero-order chi connectivity index (χ0) is 15.7. The summed E-state index contributed by atoms with van der Waals surface area (Å²) >= 11 is 0. The lowest BCUT2D eigenvalue weighted by atomic mass is 10.1. The number of nitrogens with zero attached hydrogens (tertiary/aromatic N) is 1. The number of esters is 1. The largest absolute Gasteiger partial charge is 0.468 e. The van der Waals surface area contributed by atoms with E-state index in [1.54, 1.807) is 0 Å². The Bertz CT molecular complexity index is 448. The van der Waals surface area contributed by atoms with E-state index in [1.807, 2.05) is 37.3 Å². The number of amides is 1. The van der Waals surface area contributed by atoms with Crippen molar-refractivity contribution in [1.29, 1.82) is 0 Å². The molecule has 0 aliphatic rings. The van der Waals surface area contributed by atoms with Crippen LogP contribution in [0.25, 0.3) is 0 Å². The van der Waals surface area contributed by atoms with Crippen molar-refractivity contribution in [3.63, 3.8) is 0 Å². The van der Waals surface area contributed by atoms with Crippen LogP contribution in [0.3, 0.4) is 0 Å². The van der Waals surface area contributed by atoms with Crippen LogP contribution >= 0.6 is 0 Å². The Morgan fingerprint density at radius 1 is 1.29 bits per heavy atom. The first-order valence-corrected chi connectivity index (χ1v) is 7.23. The summed E-state index contributed by atoms with van der Waals surface area (Å²) in [5.74, 6) is -0.653. The molecule has 0 aliphatic heterocycles. The summed E-state index contributed by atoms with van der Waals surface area (Å²) in [6, 6.07) is 8.95. The molecule has 0 aliphatic carbocycles. The van der Waals surface area contributed by atoms with Crippen LogP contribution in [0.5, 0.6) is 0 Å². The van der Waals surface area contributed by atoms with Crippen molar-refractivity contribution >= 4 is 11.9 Å². The highest BCUT2D eigenvalue weighted by atomic mass is 16.5. The van der Waals surface area contributed by atoms with Crippen molar-refractivity contribution in [2.75, 3.05) is 13.7 Å². The van der Waals surface area contributed by atoms with E-state index in [-0.39, 0.29) is 12.5 Å². The molecule has 0 spiro atoms. The number of unbranched alkanes of at least 4 members (excludes halogenated alkanes) is 1. The molecule has 0 heterocycles. The lowest BCUT2D eigenvalue weighted by Crippen LogP contribution is -2.45. The van der Waals surface area contributed by atoms with Crippen LogP contribution in [0.4, 0.5) is 0 Å². The average molecular weight is 292 g/mol. The predicted molar refractivity (Wildman–Crippen MR) is 81.4 cm³/mol. The Morgan fingerprint density at radius 2 is 1.95 bits per heavy atom. The molecular weight excluding hydrogens is 268 g/mol. The topological polar surface area (TPSA) is 72.6 Å². The molecule has 1 aromatic rings. The lowest BCUT2D eigenvalue weighted by molar-refractivity contribution is -0.147. The van der Waals surface area contributed by atoms with Gasteiger partial charge in [0.15, 0.2) is 0 Å². The van der Waals surface area contributed by atoms with E-state index in [1.165, 1.54) is 12.0 Å². The molecule has 0 fully saturated rings. The van der Waals surface area contributed by atoms with E-state index in [9.17, 15) is 9.59 Å². The number of rotatable bonds is 8. The van der Waals surface area contributed by atoms with Crippen LogP contribution < -0.4 is 5.73 Å². The summed E-state index contributed by atoms with van der Waals surface area (Å²) in [6.07, 6.45) is 2.50. The number of benzene rings is 1. The van der Waals surface area contributed by atoms with Crippen LogP contribution in [0.2, 0.25) is 0 Å². The first-order chi connectivity index (χ1) is 10.1. The molecule has 0 saturated carbocycles. The second-order valence-corrected chi connectivity index (χ2v) is 5.00. The van der Waals surface area contributed by atoms with Gasteiger partial charge in [0.25, 0.3) is 0 Å². The zero-order valence-electron chi connectivity index (χ0n) is 12.7. The summed E-state index contributed by atoms with van der Waals surface area (Å²) in [5.41, 5.74) is 6.89. The van der Waals surface area contributed by atoms with Crippen molar-refractivity contribution in [1.82, 2.24) is 4.90 Å². The fraction of sp³-hybridized carbons (Fsp3) is 0.500. The Hall–Kier alpha value is -1.88. The molecule has 5 nitrogen and oxygen atoms in total. The molecule has 5 heteroatoms. The maximum absolute atomic E-state index is 12.4. The van der Waals surface area contributed by atoms with Gasteiger partial charge in [0.05, 0.1) is 13.2 Å². The van der Waals surface area contributed by atoms with E-state index in [0.717, 1.165) is 18.4 Å². The second-order valence-electron chi connectivity index (χ2n) is 5.00. The number of hydrogen-bond donors (Lipinski definition) is 1. The molecule has 0 radical (unpaired) electrons. The van der Waals surface area contributed by atoms with Gasteiger partial charge in [0, 0.05) is 6.54 Å². The molecule has 0 saturated heterocycles. The molecule has 0 aromatic heterocycles. The zero-order valence-corrected chi connectivity index (χ0v) is 12.7. The molecule has 116 valence electrons. The Labute approximate surface area is 126 Å². The lowest BCUT2D eigenvalue weighted by Gasteiger charge is -2.24. The summed E-state index contributed by atoms with van der Waals surface area (Å²) < 4.78 is 4.66. The summed E-state index contributed by atoms with van der Waals surface area (Å²) in [7, 11) is 1.31. The summed E-state index contributed by atoms with van der Waals surface area (Å²) in [5, 5.41) is 0. The highest BCUT2D eigenvalue weighted by molar-refractivity contribution is 5.85. The van der Waals surface area contributed by atoms with Gasteiger partial charge in [-0.2, -0.15) is 0 Å². The van der Waals surface area contributed by atoms with Crippen LogP contribution in [0.15, 0.2) is 30.3 Å². The van der Waals surface area contributed by atoms with Crippen molar-refractivity contribution in [3.8, 4) is 0 Å². The highest BCUT2D eigenvalue weighted by Gasteiger charge is 2.23. The van der Waals surface area contributed by atoms with E-state index < -0.39 is 12.0 Å². The van der Waals surface area contributed by atoms with Crippen molar-refractivity contribution in [2.24, 2.45) is 5.73 Å². The quantitative estimate of drug-likeness (QED) is 0.740. The van der Waals surface area contributed by atoms with E-state index in [4.69, 9.17) is 5.73 Å². The normalized spacial score (nSPS) is 11.8. The van der Waals surface area contributed by atoms with Crippen molar-refractivity contribution in [2.45, 2.75) is 38.8 Å². The third kappa shape index (κ3) is 5.95. The van der Waals surface area contributed by atoms with E-state index in [0.29, 0.717) is 13.0 Å². The van der Waals surface area contributed by atoms with Gasteiger partial charge in [-0.15, -0.1) is 0 Å². The number of hydrogen-bond acceptors (Lipinski definition) is 4.